The molecule has 29 heavy (non-hydrogen) atoms. The number of amides is 1. The first-order valence-electron chi connectivity index (χ1n) is 9.45. The molecule has 3 rings (SSSR count). The summed E-state index contributed by atoms with van der Waals surface area (Å²) in [7, 11) is -0.429. The molecule has 0 aromatic heterocycles. The molecular formula is C18H25N3O7S. The van der Waals surface area contributed by atoms with Crippen LogP contribution in [0.2, 0.25) is 0 Å². The average Bonchev–Trinajstić information content (AvgIpc) is 3.57. The smallest absolute Gasteiger partial charge is 0.286 e. The van der Waals surface area contributed by atoms with E-state index in [0.29, 0.717) is 32.5 Å². The highest BCUT2D eigenvalue weighted by atomic mass is 32.2. The van der Waals surface area contributed by atoms with Crippen molar-refractivity contribution in [1.82, 2.24) is 9.62 Å². The summed E-state index contributed by atoms with van der Waals surface area (Å²) in [6.45, 7) is 1.20. The lowest BCUT2D eigenvalue weighted by atomic mass is 9.98. The topological polar surface area (TPSA) is 128 Å². The predicted molar refractivity (Wildman–Crippen MR) is 105 cm³/mol. The second kappa shape index (κ2) is 8.54. The van der Waals surface area contributed by atoms with Crippen molar-refractivity contribution in [2.24, 2.45) is 5.92 Å². The van der Waals surface area contributed by atoms with E-state index in [9.17, 15) is 23.3 Å². The molecule has 1 heterocycles. The van der Waals surface area contributed by atoms with Crippen LogP contribution in [0.3, 0.4) is 0 Å². The Morgan fingerprint density at radius 1 is 1.17 bits per heavy atom. The first-order valence-corrected chi connectivity index (χ1v) is 11.0. The number of piperidine rings is 1. The summed E-state index contributed by atoms with van der Waals surface area (Å²) in [6.07, 6.45) is 2.76. The van der Waals surface area contributed by atoms with Gasteiger partial charge in [-0.05, 0) is 31.6 Å². The zero-order chi connectivity index (χ0) is 21.2. The van der Waals surface area contributed by atoms with Gasteiger partial charge in [-0.2, -0.15) is 0 Å². The van der Waals surface area contributed by atoms with E-state index in [0.717, 1.165) is 18.9 Å². The molecule has 1 aromatic carbocycles. The number of benzene rings is 1. The number of ether oxygens (including phenoxy) is 2. The van der Waals surface area contributed by atoms with E-state index in [4.69, 9.17) is 9.47 Å². The summed E-state index contributed by atoms with van der Waals surface area (Å²) in [5, 5.41) is 13.9. The molecule has 0 radical (unpaired) electrons. The second-order valence-corrected chi connectivity index (χ2v) is 9.49. The van der Waals surface area contributed by atoms with Gasteiger partial charge in [0, 0.05) is 25.7 Å². The Hall–Kier alpha value is -2.40. The molecule has 1 saturated heterocycles. The van der Waals surface area contributed by atoms with Crippen LogP contribution >= 0.6 is 0 Å². The van der Waals surface area contributed by atoms with Gasteiger partial charge in [-0.25, -0.2) is 12.7 Å². The van der Waals surface area contributed by atoms with Gasteiger partial charge in [0.25, 0.3) is 11.6 Å². The molecule has 1 N–H and O–H groups in total. The van der Waals surface area contributed by atoms with Gasteiger partial charge in [0.2, 0.25) is 10.0 Å². The van der Waals surface area contributed by atoms with E-state index in [2.05, 4.69) is 5.32 Å². The minimum absolute atomic E-state index is 0.110. The maximum absolute atomic E-state index is 12.6. The molecule has 160 valence electrons. The normalized spacial score (nSPS) is 18.3. The number of nitrogens with one attached hydrogen (secondary N) is 1. The first kappa shape index (κ1) is 21.3. The number of nitrogens with zero attached hydrogens (tertiary/aromatic N) is 2. The molecule has 1 amide bonds. The molecule has 0 spiro atoms. The Kier molecular flexibility index (Phi) is 6.27. The van der Waals surface area contributed by atoms with Crippen LogP contribution in [0.4, 0.5) is 5.69 Å². The number of nitro groups is 1. The summed E-state index contributed by atoms with van der Waals surface area (Å²) in [6, 6.07) is 2.45. The molecule has 1 aromatic rings. The molecule has 11 heteroatoms. The minimum atomic E-state index is -3.17. The third-order valence-corrected chi connectivity index (χ3v) is 7.77. The third kappa shape index (κ3) is 4.61. The van der Waals surface area contributed by atoms with Crippen molar-refractivity contribution in [1.29, 1.82) is 0 Å². The molecule has 0 unspecified atom stereocenters. The second-order valence-electron chi connectivity index (χ2n) is 7.28. The Morgan fingerprint density at radius 2 is 1.76 bits per heavy atom. The third-order valence-electron chi connectivity index (χ3n) is 5.37. The molecule has 2 aliphatic rings. The zero-order valence-corrected chi connectivity index (χ0v) is 17.2. The standard InChI is InChI=1S/C18H25N3O7S/c1-27-16-9-14(15(21(23)24)10-17(16)28-2)18(22)19-11-12-5-7-20(8-6-12)29(25,26)13-3-4-13/h9-10,12-13H,3-8,11H2,1-2H3,(H,19,22). The fourth-order valence-electron chi connectivity index (χ4n) is 3.48. The monoisotopic (exact) mass is 427 g/mol. The van der Waals surface area contributed by atoms with Gasteiger partial charge in [0.15, 0.2) is 11.5 Å². The van der Waals surface area contributed by atoms with Crippen molar-refractivity contribution in [3.05, 3.63) is 27.8 Å². The fraction of sp³-hybridized carbons (Fsp3) is 0.611. The highest BCUT2D eigenvalue weighted by Gasteiger charge is 2.41. The zero-order valence-electron chi connectivity index (χ0n) is 16.4. The van der Waals surface area contributed by atoms with Crippen LogP contribution in [0.1, 0.15) is 36.0 Å². The number of rotatable bonds is 8. The summed E-state index contributed by atoms with van der Waals surface area (Å²) >= 11 is 0. The molecule has 1 aliphatic heterocycles. The van der Waals surface area contributed by atoms with Crippen LogP contribution in [0.5, 0.6) is 11.5 Å². The minimum Gasteiger partial charge on any atom is -0.493 e. The van der Waals surface area contributed by atoms with Gasteiger partial charge in [0.05, 0.1) is 30.5 Å². The largest absolute Gasteiger partial charge is 0.493 e. The Bertz CT molecular complexity index is 891. The fourth-order valence-corrected chi connectivity index (χ4v) is 5.35. The van der Waals surface area contributed by atoms with E-state index in [1.165, 1.54) is 20.3 Å². The summed E-state index contributed by atoms with van der Waals surface area (Å²) in [5.74, 6) is -0.0728. The number of hydrogen-bond donors (Lipinski definition) is 1. The van der Waals surface area contributed by atoms with Gasteiger partial charge in [-0.1, -0.05) is 0 Å². The van der Waals surface area contributed by atoms with Crippen LogP contribution in [0.25, 0.3) is 0 Å². The van der Waals surface area contributed by atoms with Gasteiger partial charge < -0.3 is 14.8 Å². The van der Waals surface area contributed by atoms with Gasteiger partial charge in [-0.3, -0.25) is 14.9 Å². The maximum Gasteiger partial charge on any atom is 0.286 e. The van der Waals surface area contributed by atoms with Crippen molar-refractivity contribution in [3.8, 4) is 11.5 Å². The molecule has 0 atom stereocenters. The quantitative estimate of drug-likeness (QED) is 0.492. The van der Waals surface area contributed by atoms with Gasteiger partial charge in [-0.15, -0.1) is 0 Å². The number of sulfonamides is 1. The number of nitro benzene ring substituents is 1. The highest BCUT2D eigenvalue weighted by Crippen LogP contribution is 2.35. The van der Waals surface area contributed by atoms with Crippen LogP contribution in [0, 0.1) is 16.0 Å². The van der Waals surface area contributed by atoms with E-state index in [1.54, 1.807) is 4.31 Å². The van der Waals surface area contributed by atoms with E-state index in [-0.39, 0.29) is 33.9 Å². The van der Waals surface area contributed by atoms with Crippen molar-refractivity contribution in [2.45, 2.75) is 30.9 Å². The van der Waals surface area contributed by atoms with Crippen molar-refractivity contribution < 1.29 is 27.6 Å². The van der Waals surface area contributed by atoms with Crippen LogP contribution in [0.15, 0.2) is 12.1 Å². The molecule has 1 aliphatic carbocycles. The number of carbonyl (C=O) groups is 1. The van der Waals surface area contributed by atoms with E-state index >= 15 is 0 Å². The van der Waals surface area contributed by atoms with E-state index < -0.39 is 20.9 Å². The molecule has 1 saturated carbocycles. The van der Waals surface area contributed by atoms with Crippen LogP contribution in [-0.4, -0.2) is 62.7 Å². The Balaban J connectivity index is 1.62. The lowest BCUT2D eigenvalue weighted by Crippen LogP contribution is -2.42. The summed E-state index contributed by atoms with van der Waals surface area (Å²) in [4.78, 5) is 23.3. The van der Waals surface area contributed by atoms with Gasteiger partial charge in [0.1, 0.15) is 5.56 Å². The molecular weight excluding hydrogens is 402 g/mol. The number of hydrogen-bond acceptors (Lipinski definition) is 7. The van der Waals surface area contributed by atoms with Crippen molar-refractivity contribution in [2.75, 3.05) is 33.9 Å². The highest BCUT2D eigenvalue weighted by molar-refractivity contribution is 7.90. The number of methoxy groups -OCH3 is 2. The molecule has 0 bridgehead atoms. The lowest BCUT2D eigenvalue weighted by Gasteiger charge is -2.31. The van der Waals surface area contributed by atoms with Crippen LogP contribution < -0.4 is 14.8 Å². The van der Waals surface area contributed by atoms with Crippen molar-refractivity contribution >= 4 is 21.6 Å². The van der Waals surface area contributed by atoms with Crippen molar-refractivity contribution in [3.63, 3.8) is 0 Å². The first-order chi connectivity index (χ1) is 13.8. The Morgan fingerprint density at radius 3 is 2.28 bits per heavy atom. The predicted octanol–water partition coefficient (Wildman–Crippen LogP) is 1.55. The summed E-state index contributed by atoms with van der Waals surface area (Å²) in [5.41, 5.74) is -0.480. The summed E-state index contributed by atoms with van der Waals surface area (Å²) < 4.78 is 36.3. The number of carbonyl (C=O) groups excluding carboxylic acids is 1. The van der Waals surface area contributed by atoms with Gasteiger partial charge >= 0.3 is 0 Å². The maximum atomic E-state index is 12.6. The van der Waals surface area contributed by atoms with Crippen LogP contribution in [-0.2, 0) is 10.0 Å². The van der Waals surface area contributed by atoms with E-state index in [1.807, 2.05) is 0 Å². The lowest BCUT2D eigenvalue weighted by molar-refractivity contribution is -0.385. The molecule has 10 nitrogen and oxygen atoms in total. The average molecular weight is 427 g/mol. The SMILES string of the molecule is COc1cc(C(=O)NCC2CCN(S(=O)(=O)C3CC3)CC2)c([N+](=O)[O-])cc1OC. The molecule has 2 fully saturated rings. The Labute approximate surface area is 169 Å².